The molecule has 0 saturated carbocycles. The van der Waals surface area contributed by atoms with E-state index >= 15 is 0 Å². The minimum absolute atomic E-state index is 0.292. The first-order valence-corrected chi connectivity index (χ1v) is 8.95. The lowest BCUT2D eigenvalue weighted by Crippen LogP contribution is -2.29. The Bertz CT molecular complexity index is 903. The highest BCUT2D eigenvalue weighted by molar-refractivity contribution is 7.92. The molecule has 1 aromatic carbocycles. The minimum Gasteiger partial charge on any atom is -0.477 e. The first kappa shape index (κ1) is 17.7. The van der Waals surface area contributed by atoms with Crippen LogP contribution >= 0.6 is 0 Å². The van der Waals surface area contributed by atoms with Gasteiger partial charge in [-0.1, -0.05) is 12.1 Å². The van der Waals surface area contributed by atoms with Gasteiger partial charge in [0.2, 0.25) is 10.0 Å². The summed E-state index contributed by atoms with van der Waals surface area (Å²) in [7, 11) is -3.34. The number of hydrogen-bond acceptors (Lipinski definition) is 5. The number of aromatic carboxylic acids is 1. The molecule has 0 fully saturated rings. The third-order valence-electron chi connectivity index (χ3n) is 3.37. The number of carbonyl (C=O) groups is 1. The van der Waals surface area contributed by atoms with Gasteiger partial charge in [0.05, 0.1) is 11.9 Å². The molecule has 24 heavy (non-hydrogen) atoms. The van der Waals surface area contributed by atoms with Crippen molar-refractivity contribution in [2.24, 2.45) is 0 Å². The molecule has 9 heteroatoms. The van der Waals surface area contributed by atoms with E-state index in [4.69, 9.17) is 5.11 Å². The van der Waals surface area contributed by atoms with Crippen LogP contribution in [-0.4, -0.2) is 42.3 Å². The standard InChI is InChI=1S/C15H17N3O5S/c1-3-18(24(2,22)23)11-6-4-10(5-7-11)8-13-16-9-12(15(20)21)14(19)17-13/h4-7,9H,3,8H2,1-2H3,(H,20,21)(H,16,17,19). The molecule has 0 aliphatic rings. The van der Waals surface area contributed by atoms with Gasteiger partial charge in [0.15, 0.2) is 0 Å². The summed E-state index contributed by atoms with van der Waals surface area (Å²) >= 11 is 0. The van der Waals surface area contributed by atoms with Crippen LogP contribution in [-0.2, 0) is 16.4 Å². The van der Waals surface area contributed by atoms with Gasteiger partial charge in [0.1, 0.15) is 11.4 Å². The Labute approximate surface area is 138 Å². The van der Waals surface area contributed by atoms with E-state index in [0.29, 0.717) is 24.5 Å². The van der Waals surface area contributed by atoms with Gasteiger partial charge in [0.25, 0.3) is 5.56 Å². The highest BCUT2D eigenvalue weighted by Crippen LogP contribution is 2.18. The second-order valence-corrected chi connectivity index (χ2v) is 7.06. The van der Waals surface area contributed by atoms with Crippen LogP contribution in [0.25, 0.3) is 0 Å². The molecule has 0 amide bonds. The van der Waals surface area contributed by atoms with Crippen molar-refractivity contribution in [3.05, 3.63) is 57.8 Å². The van der Waals surface area contributed by atoms with Gasteiger partial charge < -0.3 is 10.1 Å². The number of sulfonamides is 1. The van der Waals surface area contributed by atoms with Gasteiger partial charge in [0, 0.05) is 19.2 Å². The zero-order chi connectivity index (χ0) is 17.9. The number of anilines is 1. The molecule has 2 N–H and O–H groups in total. The highest BCUT2D eigenvalue weighted by Gasteiger charge is 2.15. The molecule has 0 radical (unpaired) electrons. The average molecular weight is 351 g/mol. The molecular formula is C15H17N3O5S. The second-order valence-electron chi connectivity index (χ2n) is 5.15. The topological polar surface area (TPSA) is 120 Å². The normalized spacial score (nSPS) is 11.2. The summed E-state index contributed by atoms with van der Waals surface area (Å²) in [6.45, 7) is 2.07. The summed E-state index contributed by atoms with van der Waals surface area (Å²) in [5.74, 6) is -1.01. The Morgan fingerprint density at radius 1 is 1.29 bits per heavy atom. The fourth-order valence-electron chi connectivity index (χ4n) is 2.26. The van der Waals surface area contributed by atoms with Gasteiger partial charge in [-0.25, -0.2) is 18.2 Å². The molecule has 0 aliphatic heterocycles. The van der Waals surface area contributed by atoms with Gasteiger partial charge in [-0.3, -0.25) is 9.10 Å². The lowest BCUT2D eigenvalue weighted by atomic mass is 10.1. The number of H-pyrrole nitrogens is 1. The van der Waals surface area contributed by atoms with Gasteiger partial charge in [-0.15, -0.1) is 0 Å². The Balaban J connectivity index is 2.22. The van der Waals surface area contributed by atoms with Crippen molar-refractivity contribution in [1.29, 1.82) is 0 Å². The predicted octanol–water partition coefficient (Wildman–Crippen LogP) is 0.845. The summed E-state index contributed by atoms with van der Waals surface area (Å²) in [6.07, 6.45) is 2.46. The summed E-state index contributed by atoms with van der Waals surface area (Å²) < 4.78 is 24.7. The van der Waals surface area contributed by atoms with Crippen LogP contribution in [0.2, 0.25) is 0 Å². The highest BCUT2D eigenvalue weighted by atomic mass is 32.2. The zero-order valence-electron chi connectivity index (χ0n) is 13.2. The van der Waals surface area contributed by atoms with Crippen LogP contribution < -0.4 is 9.86 Å². The average Bonchev–Trinajstić information content (AvgIpc) is 2.48. The third-order valence-corrected chi connectivity index (χ3v) is 4.64. The molecule has 8 nitrogen and oxygen atoms in total. The monoisotopic (exact) mass is 351 g/mol. The van der Waals surface area contributed by atoms with Crippen LogP contribution in [0.5, 0.6) is 0 Å². The third kappa shape index (κ3) is 3.99. The molecule has 0 atom stereocenters. The fourth-order valence-corrected chi connectivity index (χ4v) is 3.23. The van der Waals surface area contributed by atoms with Crippen molar-refractivity contribution in [2.45, 2.75) is 13.3 Å². The van der Waals surface area contributed by atoms with Crippen molar-refractivity contribution in [3.63, 3.8) is 0 Å². The van der Waals surface area contributed by atoms with Crippen LogP contribution in [0.4, 0.5) is 5.69 Å². The SMILES string of the molecule is CCN(c1ccc(Cc2ncc(C(=O)O)c(=O)[nH]2)cc1)S(C)(=O)=O. The minimum atomic E-state index is -3.34. The Morgan fingerprint density at radius 3 is 2.38 bits per heavy atom. The number of benzene rings is 1. The summed E-state index contributed by atoms with van der Waals surface area (Å²) in [5, 5.41) is 8.80. The largest absolute Gasteiger partial charge is 0.477 e. The molecule has 0 unspecified atom stereocenters. The molecule has 2 rings (SSSR count). The van der Waals surface area contributed by atoms with E-state index in [1.807, 2.05) is 0 Å². The quantitative estimate of drug-likeness (QED) is 0.796. The van der Waals surface area contributed by atoms with E-state index < -0.39 is 27.1 Å². The first-order valence-electron chi connectivity index (χ1n) is 7.10. The van der Waals surface area contributed by atoms with E-state index in [2.05, 4.69) is 9.97 Å². The van der Waals surface area contributed by atoms with E-state index in [0.717, 1.165) is 18.0 Å². The van der Waals surface area contributed by atoms with E-state index in [1.54, 1.807) is 31.2 Å². The van der Waals surface area contributed by atoms with Crippen molar-refractivity contribution < 1.29 is 18.3 Å². The summed E-state index contributed by atoms with van der Waals surface area (Å²) in [4.78, 5) is 28.8. The van der Waals surface area contributed by atoms with E-state index in [9.17, 15) is 18.0 Å². The number of hydrogen-bond donors (Lipinski definition) is 2. The molecule has 0 bridgehead atoms. The van der Waals surface area contributed by atoms with Gasteiger partial charge in [-0.05, 0) is 24.6 Å². The lowest BCUT2D eigenvalue weighted by molar-refractivity contribution is 0.0694. The molecule has 2 aromatic rings. The van der Waals surface area contributed by atoms with E-state index in [1.165, 1.54) is 4.31 Å². The number of nitrogens with one attached hydrogen (secondary N) is 1. The van der Waals surface area contributed by atoms with E-state index in [-0.39, 0.29) is 0 Å². The number of nitrogens with zero attached hydrogens (tertiary/aromatic N) is 2. The molecule has 128 valence electrons. The smallest absolute Gasteiger partial charge is 0.342 e. The van der Waals surface area contributed by atoms with Gasteiger partial charge in [-0.2, -0.15) is 0 Å². The van der Waals surface area contributed by atoms with Crippen molar-refractivity contribution in [2.75, 3.05) is 17.1 Å². The summed E-state index contributed by atoms with van der Waals surface area (Å²) in [6, 6.07) is 6.80. The zero-order valence-corrected chi connectivity index (χ0v) is 14.0. The molecule has 0 saturated heterocycles. The van der Waals surface area contributed by atoms with Crippen molar-refractivity contribution >= 4 is 21.7 Å². The molecule has 0 spiro atoms. The number of aromatic amines is 1. The van der Waals surface area contributed by atoms with Crippen molar-refractivity contribution in [1.82, 2.24) is 9.97 Å². The number of aromatic nitrogens is 2. The molecule has 0 aliphatic carbocycles. The fraction of sp³-hybridized carbons (Fsp3) is 0.267. The number of rotatable bonds is 6. The Morgan fingerprint density at radius 2 is 1.92 bits per heavy atom. The predicted molar refractivity (Wildman–Crippen MR) is 88.9 cm³/mol. The first-order chi connectivity index (χ1) is 11.2. The second kappa shape index (κ2) is 6.83. The molecule has 1 heterocycles. The Kier molecular flexibility index (Phi) is 5.03. The van der Waals surface area contributed by atoms with Gasteiger partial charge >= 0.3 is 5.97 Å². The molecular weight excluding hydrogens is 334 g/mol. The van der Waals surface area contributed by atoms with Crippen LogP contribution in [0, 0.1) is 0 Å². The maximum absolute atomic E-state index is 11.7. The maximum Gasteiger partial charge on any atom is 0.342 e. The maximum atomic E-state index is 11.7. The number of carboxylic acid groups (broad SMARTS) is 1. The Hall–Kier alpha value is -2.68. The number of carboxylic acids is 1. The van der Waals surface area contributed by atoms with Crippen molar-refractivity contribution in [3.8, 4) is 0 Å². The molecule has 1 aromatic heterocycles. The van der Waals surface area contributed by atoms with Crippen LogP contribution in [0.15, 0.2) is 35.3 Å². The van der Waals surface area contributed by atoms with Crippen LogP contribution in [0.1, 0.15) is 28.7 Å². The van der Waals surface area contributed by atoms with Crippen LogP contribution in [0.3, 0.4) is 0 Å². The lowest BCUT2D eigenvalue weighted by Gasteiger charge is -2.20. The summed E-state index contributed by atoms with van der Waals surface area (Å²) in [5.41, 5.74) is 0.222.